The third-order valence-corrected chi connectivity index (χ3v) is 3.45. The lowest BCUT2D eigenvalue weighted by molar-refractivity contribution is -0.132. The number of benzene rings is 1. The number of carbonyl (C=O) groups is 2. The van der Waals surface area contributed by atoms with Crippen molar-refractivity contribution in [1.82, 2.24) is 0 Å². The molecule has 0 saturated carbocycles. The Morgan fingerprint density at radius 3 is 2.04 bits per heavy atom. The monoisotopic (exact) mass is 356 g/mol. The van der Waals surface area contributed by atoms with Crippen LogP contribution < -0.4 is 0 Å². The van der Waals surface area contributed by atoms with E-state index in [-0.39, 0.29) is 11.6 Å². The van der Waals surface area contributed by atoms with Crippen molar-refractivity contribution in [2.24, 2.45) is 0 Å². The molecule has 1 aliphatic rings. The van der Waals surface area contributed by atoms with Gasteiger partial charge in [-0.1, -0.05) is 11.6 Å². The van der Waals surface area contributed by atoms with Gasteiger partial charge in [0.2, 0.25) is 0 Å². The predicted octanol–water partition coefficient (Wildman–Crippen LogP) is 3.45. The lowest BCUT2D eigenvalue weighted by Crippen LogP contribution is -2.34. The first-order valence-corrected chi connectivity index (χ1v) is 6.66. The van der Waals surface area contributed by atoms with E-state index in [1.807, 2.05) is 0 Å². The topological polar surface area (TPSA) is 102 Å². The minimum absolute atomic E-state index is 0.0606. The maximum absolute atomic E-state index is 12.9. The number of halogens is 4. The molecule has 9 heteroatoms. The Morgan fingerprint density at radius 2 is 1.58 bits per heavy atom. The van der Waals surface area contributed by atoms with E-state index < -0.39 is 46.1 Å². The summed E-state index contributed by atoms with van der Waals surface area (Å²) in [6.07, 6.45) is -4.81. The van der Waals surface area contributed by atoms with Crippen LogP contribution in [0.5, 0.6) is 0 Å². The largest absolute Gasteiger partial charge is 0.478 e. The van der Waals surface area contributed by atoms with Crippen LogP contribution in [0.4, 0.5) is 13.2 Å². The normalized spacial score (nSPS) is 15.4. The van der Waals surface area contributed by atoms with Gasteiger partial charge in [0.1, 0.15) is 0 Å². The smallest absolute Gasteiger partial charge is 0.418 e. The Bertz CT molecular complexity index is 837. The molecule has 1 aromatic carbocycles. The fraction of sp³-hybridized carbons (Fsp3) is 0.0667. The number of ketones is 1. The number of rotatable bonds is 3. The molecule has 0 heterocycles. The van der Waals surface area contributed by atoms with Crippen molar-refractivity contribution in [3.63, 3.8) is 0 Å². The van der Waals surface area contributed by atoms with Crippen molar-refractivity contribution in [2.45, 2.75) is 6.18 Å². The Balaban J connectivity index is 2.67. The molecule has 3 N–H and O–H groups in total. The van der Waals surface area contributed by atoms with Gasteiger partial charge in [-0.2, -0.15) is 13.2 Å². The van der Waals surface area contributed by atoms with Crippen LogP contribution in [0.3, 0.4) is 0 Å². The van der Waals surface area contributed by atoms with E-state index in [9.17, 15) is 22.8 Å². The fourth-order valence-electron chi connectivity index (χ4n) is 2.06. The number of allylic oxidation sites excluding steroid dienone is 2. The molecule has 1 aromatic rings. The minimum Gasteiger partial charge on any atom is -0.478 e. The summed E-state index contributed by atoms with van der Waals surface area (Å²) in [7, 11) is 0. The number of carboxylic acid groups (broad SMARTS) is 1. The fourth-order valence-corrected chi connectivity index (χ4v) is 2.18. The summed E-state index contributed by atoms with van der Waals surface area (Å²) in [5, 5.41) is 24.5. The highest BCUT2D eigenvalue weighted by molar-refractivity contribution is 6.59. The van der Waals surface area contributed by atoms with E-state index in [0.717, 1.165) is 0 Å². The SMILES string of the molecule is N=C1C(=N)C(C(=O)c2ccc(Cl)cc2)=C(C(=O)O)C=C1C(F)(F)F. The Hall–Kier alpha value is -2.74. The van der Waals surface area contributed by atoms with Crippen molar-refractivity contribution in [1.29, 1.82) is 10.8 Å². The van der Waals surface area contributed by atoms with Crippen LogP contribution in [0.2, 0.25) is 5.02 Å². The van der Waals surface area contributed by atoms with Gasteiger partial charge in [-0.3, -0.25) is 15.6 Å². The molecule has 0 fully saturated rings. The van der Waals surface area contributed by atoms with Gasteiger partial charge in [0.15, 0.2) is 5.78 Å². The first-order chi connectivity index (χ1) is 11.0. The summed E-state index contributed by atoms with van der Waals surface area (Å²) < 4.78 is 38.6. The summed E-state index contributed by atoms with van der Waals surface area (Å²) in [5.74, 6) is -2.78. The molecule has 0 aromatic heterocycles. The van der Waals surface area contributed by atoms with Gasteiger partial charge in [-0.05, 0) is 30.3 Å². The number of Topliss-reactive ketones (excluding diaryl/α,β-unsaturated/α-hetero) is 1. The molecule has 0 saturated heterocycles. The second-order valence-electron chi connectivity index (χ2n) is 4.74. The molecule has 0 spiro atoms. The standard InChI is InChI=1S/C15H8ClF3N2O3/c16-7-3-1-6(2-4-7)13(22)10-8(14(23)24)5-9(15(17,18)19)11(20)12(10)21/h1-5,20-21H,(H,23,24). The van der Waals surface area contributed by atoms with Crippen LogP contribution >= 0.6 is 11.6 Å². The molecule has 2 rings (SSSR count). The van der Waals surface area contributed by atoms with Crippen molar-refractivity contribution in [2.75, 3.05) is 0 Å². The third kappa shape index (κ3) is 3.13. The van der Waals surface area contributed by atoms with Crippen LogP contribution in [0.25, 0.3) is 0 Å². The number of carbonyl (C=O) groups excluding carboxylic acids is 1. The second-order valence-corrected chi connectivity index (χ2v) is 5.17. The average molecular weight is 357 g/mol. The zero-order valence-electron chi connectivity index (χ0n) is 11.7. The van der Waals surface area contributed by atoms with Gasteiger partial charge in [-0.25, -0.2) is 4.79 Å². The van der Waals surface area contributed by atoms with Crippen LogP contribution in [0, 0.1) is 10.8 Å². The zero-order chi connectivity index (χ0) is 18.2. The average Bonchev–Trinajstić information content (AvgIpc) is 2.48. The Labute approximate surface area is 138 Å². The predicted molar refractivity (Wildman–Crippen MR) is 80.0 cm³/mol. The van der Waals surface area contributed by atoms with Gasteiger partial charge < -0.3 is 5.11 Å². The first-order valence-electron chi connectivity index (χ1n) is 6.29. The molecule has 0 bridgehead atoms. The number of hydrogen-bond acceptors (Lipinski definition) is 4. The molecule has 0 unspecified atom stereocenters. The van der Waals surface area contributed by atoms with Gasteiger partial charge in [0.25, 0.3) is 0 Å². The van der Waals surface area contributed by atoms with E-state index in [4.69, 9.17) is 27.5 Å². The van der Waals surface area contributed by atoms with E-state index in [1.165, 1.54) is 24.3 Å². The molecule has 5 nitrogen and oxygen atoms in total. The molecule has 0 radical (unpaired) electrons. The molecule has 124 valence electrons. The van der Waals surface area contributed by atoms with Gasteiger partial charge >= 0.3 is 12.1 Å². The number of alkyl halides is 3. The highest BCUT2D eigenvalue weighted by atomic mass is 35.5. The molecule has 24 heavy (non-hydrogen) atoms. The molecular formula is C15H8ClF3N2O3. The van der Waals surface area contributed by atoms with Crippen LogP contribution in [-0.4, -0.2) is 34.5 Å². The van der Waals surface area contributed by atoms with E-state index in [0.29, 0.717) is 5.02 Å². The third-order valence-electron chi connectivity index (χ3n) is 3.20. The maximum Gasteiger partial charge on any atom is 0.418 e. The highest BCUT2D eigenvalue weighted by Crippen LogP contribution is 2.33. The first kappa shape index (κ1) is 17.6. The maximum atomic E-state index is 12.9. The summed E-state index contributed by atoms with van der Waals surface area (Å²) in [5.41, 5.74) is -5.76. The van der Waals surface area contributed by atoms with E-state index in [2.05, 4.69) is 0 Å². The quantitative estimate of drug-likeness (QED) is 0.571. The van der Waals surface area contributed by atoms with Crippen molar-refractivity contribution in [3.8, 4) is 0 Å². The zero-order valence-corrected chi connectivity index (χ0v) is 12.4. The minimum atomic E-state index is -5.01. The number of hydrogen-bond donors (Lipinski definition) is 3. The summed E-state index contributed by atoms with van der Waals surface area (Å²) >= 11 is 5.67. The van der Waals surface area contributed by atoms with Crippen molar-refractivity contribution < 1.29 is 27.9 Å². The van der Waals surface area contributed by atoms with Crippen molar-refractivity contribution >= 4 is 34.8 Å². The second kappa shape index (κ2) is 6.04. The molecule has 0 aliphatic heterocycles. The number of aliphatic carboxylic acids is 1. The lowest BCUT2D eigenvalue weighted by Gasteiger charge is -2.21. The van der Waals surface area contributed by atoms with Gasteiger partial charge in [0, 0.05) is 10.6 Å². The van der Waals surface area contributed by atoms with E-state index >= 15 is 0 Å². The highest BCUT2D eigenvalue weighted by Gasteiger charge is 2.43. The molecular weight excluding hydrogens is 349 g/mol. The summed E-state index contributed by atoms with van der Waals surface area (Å²) in [6.45, 7) is 0. The molecule has 0 amide bonds. The number of carboxylic acids is 1. The summed E-state index contributed by atoms with van der Waals surface area (Å²) in [6, 6.07) is 5.17. The Kier molecular flexibility index (Phi) is 4.44. The van der Waals surface area contributed by atoms with Crippen LogP contribution in [-0.2, 0) is 4.79 Å². The van der Waals surface area contributed by atoms with Gasteiger partial charge in [-0.15, -0.1) is 0 Å². The molecule has 0 atom stereocenters. The summed E-state index contributed by atoms with van der Waals surface area (Å²) in [4.78, 5) is 23.7. The number of nitrogens with one attached hydrogen (secondary N) is 2. The Morgan fingerprint density at radius 1 is 1.04 bits per heavy atom. The van der Waals surface area contributed by atoms with E-state index in [1.54, 1.807) is 0 Å². The van der Waals surface area contributed by atoms with Crippen LogP contribution in [0.15, 0.2) is 47.1 Å². The van der Waals surface area contributed by atoms with Crippen LogP contribution in [0.1, 0.15) is 10.4 Å². The van der Waals surface area contributed by atoms with Gasteiger partial charge in [0.05, 0.1) is 28.1 Å². The molecule has 1 aliphatic carbocycles. The lowest BCUT2D eigenvalue weighted by atomic mass is 9.84. The van der Waals surface area contributed by atoms with Crippen molar-refractivity contribution in [3.05, 3.63) is 57.6 Å².